The molecule has 3 rings (SSSR count). The lowest BCUT2D eigenvalue weighted by Crippen LogP contribution is -2.08. The number of methoxy groups -OCH3 is 1. The number of hydrogen-bond acceptors (Lipinski definition) is 6. The van der Waals surface area contributed by atoms with Gasteiger partial charge < -0.3 is 19.5 Å². The number of esters is 1. The lowest BCUT2D eigenvalue weighted by molar-refractivity contribution is -0.132. The second-order valence-corrected chi connectivity index (χ2v) is 7.02. The molecule has 0 spiro atoms. The Morgan fingerprint density at radius 2 is 1.81 bits per heavy atom. The van der Waals surface area contributed by atoms with Crippen molar-refractivity contribution in [1.29, 1.82) is 0 Å². The minimum atomic E-state index is -0.466. The highest BCUT2D eigenvalue weighted by molar-refractivity contribution is 6.32. The Morgan fingerprint density at radius 3 is 2.53 bits per heavy atom. The van der Waals surface area contributed by atoms with E-state index in [1.54, 1.807) is 54.9 Å². The third-order valence-corrected chi connectivity index (χ3v) is 4.52. The summed E-state index contributed by atoms with van der Waals surface area (Å²) < 4.78 is 16.1. The number of benzene rings is 2. The Labute approximate surface area is 190 Å². The van der Waals surface area contributed by atoms with Gasteiger partial charge >= 0.3 is 5.97 Å². The average molecular weight is 453 g/mol. The van der Waals surface area contributed by atoms with Gasteiger partial charge in [-0.2, -0.15) is 0 Å². The van der Waals surface area contributed by atoms with Crippen LogP contribution in [0.2, 0.25) is 5.02 Å². The van der Waals surface area contributed by atoms with Crippen LogP contribution in [0.1, 0.15) is 18.1 Å². The van der Waals surface area contributed by atoms with Crippen LogP contribution in [0.5, 0.6) is 17.2 Å². The zero-order chi connectivity index (χ0) is 22.9. The van der Waals surface area contributed by atoms with Gasteiger partial charge in [-0.15, -0.1) is 0 Å². The van der Waals surface area contributed by atoms with Crippen LogP contribution in [0.15, 0.2) is 67.0 Å². The predicted octanol–water partition coefficient (Wildman–Crippen LogP) is 4.90. The maximum atomic E-state index is 12.4. The second-order valence-electron chi connectivity index (χ2n) is 6.62. The first kappa shape index (κ1) is 22.8. The number of hydrogen-bond donors (Lipinski definition) is 1. The molecule has 1 heterocycles. The third kappa shape index (κ3) is 6.58. The Morgan fingerprint density at radius 1 is 1.03 bits per heavy atom. The third-order valence-electron chi connectivity index (χ3n) is 4.21. The van der Waals surface area contributed by atoms with Crippen molar-refractivity contribution in [3.8, 4) is 17.2 Å². The molecular formula is C24H21ClN2O5. The standard InChI is InChI=1S/C24H21ClN2O5/c1-16(28)32-23-13-17(3-7-21(23)30-2)4-8-24(29)27-19-5-6-20(25)22(14-19)31-15-18-9-11-26-12-10-18/h3-14H,15H2,1-2H3,(H,27,29). The summed E-state index contributed by atoms with van der Waals surface area (Å²) in [6.07, 6.45) is 6.33. The summed E-state index contributed by atoms with van der Waals surface area (Å²) >= 11 is 6.21. The summed E-state index contributed by atoms with van der Waals surface area (Å²) in [6, 6.07) is 13.7. The topological polar surface area (TPSA) is 86.8 Å². The van der Waals surface area contributed by atoms with Crippen LogP contribution in [-0.4, -0.2) is 24.0 Å². The van der Waals surface area contributed by atoms with Crippen LogP contribution in [0.3, 0.4) is 0 Å². The minimum Gasteiger partial charge on any atom is -0.493 e. The van der Waals surface area contributed by atoms with Crippen molar-refractivity contribution in [3.05, 3.63) is 83.2 Å². The predicted molar refractivity (Wildman–Crippen MR) is 122 cm³/mol. The average Bonchev–Trinajstić information content (AvgIpc) is 2.78. The zero-order valence-electron chi connectivity index (χ0n) is 17.5. The van der Waals surface area contributed by atoms with Gasteiger partial charge in [-0.05, 0) is 53.6 Å². The van der Waals surface area contributed by atoms with Gasteiger partial charge in [0.15, 0.2) is 11.5 Å². The number of carbonyl (C=O) groups is 2. The Bertz CT molecular complexity index is 1130. The summed E-state index contributed by atoms with van der Waals surface area (Å²) in [7, 11) is 1.48. The van der Waals surface area contributed by atoms with E-state index in [1.807, 2.05) is 12.1 Å². The second kappa shape index (κ2) is 11.0. The van der Waals surface area contributed by atoms with Gasteiger partial charge in [-0.1, -0.05) is 17.7 Å². The SMILES string of the molecule is COc1ccc(C=CC(=O)Nc2ccc(Cl)c(OCc3ccncc3)c2)cc1OC(C)=O. The van der Waals surface area contributed by atoms with Crippen LogP contribution in [0.25, 0.3) is 6.08 Å². The van der Waals surface area contributed by atoms with E-state index in [1.165, 1.54) is 20.1 Å². The highest BCUT2D eigenvalue weighted by Crippen LogP contribution is 2.30. The van der Waals surface area contributed by atoms with Gasteiger partial charge in [0.2, 0.25) is 5.91 Å². The lowest BCUT2D eigenvalue weighted by atomic mass is 10.2. The van der Waals surface area contributed by atoms with Crippen molar-refractivity contribution in [2.45, 2.75) is 13.5 Å². The molecular weight excluding hydrogens is 432 g/mol. The number of nitrogens with zero attached hydrogens (tertiary/aromatic N) is 1. The van der Waals surface area contributed by atoms with Gasteiger partial charge in [0.25, 0.3) is 0 Å². The molecule has 1 aromatic heterocycles. The first-order chi connectivity index (χ1) is 15.4. The number of anilines is 1. The first-order valence-electron chi connectivity index (χ1n) is 9.61. The van der Waals surface area contributed by atoms with Gasteiger partial charge in [-0.25, -0.2) is 0 Å². The molecule has 3 aromatic rings. The summed E-state index contributed by atoms with van der Waals surface area (Å²) in [5.74, 6) is 0.328. The molecule has 0 aliphatic carbocycles. The molecule has 0 saturated carbocycles. The maximum absolute atomic E-state index is 12.4. The largest absolute Gasteiger partial charge is 0.493 e. The molecule has 0 fully saturated rings. The van der Waals surface area contributed by atoms with E-state index >= 15 is 0 Å². The summed E-state index contributed by atoms with van der Waals surface area (Å²) in [5, 5.41) is 3.20. The van der Waals surface area contributed by atoms with Crippen molar-refractivity contribution < 1.29 is 23.8 Å². The monoisotopic (exact) mass is 452 g/mol. The van der Waals surface area contributed by atoms with E-state index in [2.05, 4.69) is 10.3 Å². The molecule has 0 saturated heterocycles. The fourth-order valence-electron chi connectivity index (χ4n) is 2.72. The normalized spacial score (nSPS) is 10.6. The van der Waals surface area contributed by atoms with E-state index < -0.39 is 5.97 Å². The molecule has 0 bridgehead atoms. The van der Waals surface area contributed by atoms with Crippen molar-refractivity contribution >= 4 is 35.2 Å². The summed E-state index contributed by atoms with van der Waals surface area (Å²) in [5.41, 5.74) is 2.14. The summed E-state index contributed by atoms with van der Waals surface area (Å²) in [4.78, 5) is 27.6. The smallest absolute Gasteiger partial charge is 0.308 e. The van der Waals surface area contributed by atoms with E-state index in [-0.39, 0.29) is 11.7 Å². The molecule has 8 heteroatoms. The Balaban J connectivity index is 1.65. The Hall–Kier alpha value is -3.84. The number of ether oxygens (including phenoxy) is 3. The highest BCUT2D eigenvalue weighted by Gasteiger charge is 2.08. The van der Waals surface area contributed by atoms with Crippen molar-refractivity contribution in [2.24, 2.45) is 0 Å². The van der Waals surface area contributed by atoms with Crippen LogP contribution in [-0.2, 0) is 16.2 Å². The molecule has 0 radical (unpaired) electrons. The molecule has 1 N–H and O–H groups in total. The van der Waals surface area contributed by atoms with Gasteiger partial charge in [0, 0.05) is 37.1 Å². The number of amides is 1. The molecule has 1 amide bonds. The van der Waals surface area contributed by atoms with Gasteiger partial charge in [-0.3, -0.25) is 14.6 Å². The van der Waals surface area contributed by atoms with Crippen LogP contribution < -0.4 is 19.5 Å². The number of nitrogens with one attached hydrogen (secondary N) is 1. The maximum Gasteiger partial charge on any atom is 0.308 e. The minimum absolute atomic E-state index is 0.274. The van der Waals surface area contributed by atoms with Gasteiger partial charge in [0.1, 0.15) is 12.4 Å². The van der Waals surface area contributed by atoms with Crippen molar-refractivity contribution in [1.82, 2.24) is 4.98 Å². The molecule has 32 heavy (non-hydrogen) atoms. The van der Waals surface area contributed by atoms with Crippen LogP contribution >= 0.6 is 11.6 Å². The molecule has 0 aliphatic rings. The van der Waals surface area contributed by atoms with Gasteiger partial charge in [0.05, 0.1) is 12.1 Å². The van der Waals surface area contributed by atoms with Crippen molar-refractivity contribution in [3.63, 3.8) is 0 Å². The first-order valence-corrected chi connectivity index (χ1v) is 9.99. The fraction of sp³-hybridized carbons (Fsp3) is 0.125. The van der Waals surface area contributed by atoms with E-state index in [0.717, 1.165) is 5.56 Å². The number of carbonyl (C=O) groups excluding carboxylic acids is 2. The number of aromatic nitrogens is 1. The zero-order valence-corrected chi connectivity index (χ0v) is 18.3. The lowest BCUT2D eigenvalue weighted by Gasteiger charge is -2.10. The highest BCUT2D eigenvalue weighted by atomic mass is 35.5. The molecule has 0 unspecified atom stereocenters. The Kier molecular flexibility index (Phi) is 7.83. The quantitative estimate of drug-likeness (QED) is 0.297. The molecule has 164 valence electrons. The van der Waals surface area contributed by atoms with E-state index in [4.69, 9.17) is 25.8 Å². The fourth-order valence-corrected chi connectivity index (χ4v) is 2.89. The molecule has 2 aromatic carbocycles. The van der Waals surface area contributed by atoms with E-state index in [0.29, 0.717) is 34.4 Å². The van der Waals surface area contributed by atoms with Crippen molar-refractivity contribution in [2.75, 3.05) is 12.4 Å². The van der Waals surface area contributed by atoms with E-state index in [9.17, 15) is 9.59 Å². The number of pyridine rings is 1. The molecule has 7 nitrogen and oxygen atoms in total. The summed E-state index contributed by atoms with van der Waals surface area (Å²) in [6.45, 7) is 1.62. The van der Waals surface area contributed by atoms with Crippen LogP contribution in [0.4, 0.5) is 5.69 Å². The molecule has 0 aliphatic heterocycles. The van der Waals surface area contributed by atoms with Crippen LogP contribution in [0, 0.1) is 0 Å². The number of halogens is 1. The molecule has 0 atom stereocenters. The number of rotatable bonds is 8.